The second kappa shape index (κ2) is 7.92. The van der Waals surface area contributed by atoms with Gasteiger partial charge in [-0.3, -0.25) is 0 Å². The lowest BCUT2D eigenvalue weighted by atomic mass is 10.2. The molecule has 0 saturated heterocycles. The molecule has 0 aliphatic rings. The molecule has 112 valence electrons. The first kappa shape index (κ1) is 18.1. The van der Waals surface area contributed by atoms with Gasteiger partial charge in [-0.25, -0.2) is 9.59 Å². The second-order valence-electron chi connectivity index (χ2n) is 4.40. The number of ether oxygens (including phenoxy) is 2. The number of carbonyl (C=O) groups is 2. The number of carbonyl (C=O) groups excluding carboxylic acids is 2. The average molecular weight is 512 g/mol. The summed E-state index contributed by atoms with van der Waals surface area (Å²) in [5.41, 5.74) is 1.24. The maximum absolute atomic E-state index is 11.7. The first-order valence-electron chi connectivity index (χ1n) is 5.90. The summed E-state index contributed by atoms with van der Waals surface area (Å²) in [7, 11) is 0. The number of rotatable bonds is 5. The Bertz CT molecular complexity index is 620. The van der Waals surface area contributed by atoms with E-state index in [0.29, 0.717) is 22.5 Å². The summed E-state index contributed by atoms with van der Waals surface area (Å²) in [6.07, 6.45) is 0. The van der Waals surface area contributed by atoms with Crippen LogP contribution < -0.4 is 4.74 Å². The third-order valence-electron chi connectivity index (χ3n) is 2.34. The van der Waals surface area contributed by atoms with Crippen molar-refractivity contribution in [3.63, 3.8) is 0 Å². The summed E-state index contributed by atoms with van der Waals surface area (Å²) in [6, 6.07) is 3.67. The van der Waals surface area contributed by atoms with Crippen LogP contribution in [0.25, 0.3) is 0 Å². The van der Waals surface area contributed by atoms with Crippen LogP contribution in [0.1, 0.15) is 19.4 Å². The van der Waals surface area contributed by atoms with Gasteiger partial charge in [0.05, 0.1) is 3.57 Å². The van der Waals surface area contributed by atoms with Crippen molar-refractivity contribution < 1.29 is 19.1 Å². The zero-order chi connectivity index (χ0) is 16.2. The Morgan fingerprint density at radius 3 is 2.19 bits per heavy atom. The summed E-state index contributed by atoms with van der Waals surface area (Å²) in [5.74, 6) is -0.610. The van der Waals surface area contributed by atoms with E-state index in [9.17, 15) is 9.59 Å². The molecule has 6 heteroatoms. The molecule has 0 atom stereocenters. The van der Waals surface area contributed by atoms with Gasteiger partial charge in [0.15, 0.2) is 5.75 Å². The molecule has 1 aromatic rings. The minimum absolute atomic E-state index is 0.0113. The lowest BCUT2D eigenvalue weighted by molar-refractivity contribution is -0.140. The molecule has 0 aliphatic carbocycles. The maximum Gasteiger partial charge on any atom is 0.338 e. The third-order valence-corrected chi connectivity index (χ3v) is 3.76. The number of hydrogen-bond donors (Lipinski definition) is 0. The Hall–Kier alpha value is -0.900. The minimum atomic E-state index is -0.512. The number of halogens is 2. The maximum atomic E-state index is 11.7. The molecule has 0 bridgehead atoms. The van der Waals surface area contributed by atoms with Gasteiger partial charge >= 0.3 is 11.9 Å². The van der Waals surface area contributed by atoms with Crippen LogP contribution in [0.5, 0.6) is 5.75 Å². The van der Waals surface area contributed by atoms with E-state index in [1.807, 2.05) is 6.07 Å². The van der Waals surface area contributed by atoms with Gasteiger partial charge in [-0.2, -0.15) is 0 Å². The Kier molecular flexibility index (Phi) is 6.85. The number of benzene rings is 1. The summed E-state index contributed by atoms with van der Waals surface area (Å²) < 4.78 is 12.2. The zero-order valence-electron chi connectivity index (χ0n) is 11.7. The Labute approximate surface area is 150 Å². The molecule has 0 saturated carbocycles. The molecule has 4 nitrogen and oxygen atoms in total. The van der Waals surface area contributed by atoms with E-state index >= 15 is 0 Å². The third kappa shape index (κ3) is 5.42. The van der Waals surface area contributed by atoms with E-state index in [2.05, 4.69) is 58.3 Å². The van der Waals surface area contributed by atoms with E-state index in [1.165, 1.54) is 0 Å². The van der Waals surface area contributed by atoms with E-state index in [4.69, 9.17) is 9.47 Å². The first-order chi connectivity index (χ1) is 9.72. The topological polar surface area (TPSA) is 52.6 Å². The van der Waals surface area contributed by atoms with Crippen LogP contribution in [0.4, 0.5) is 0 Å². The molecule has 0 fully saturated rings. The van der Waals surface area contributed by atoms with Crippen molar-refractivity contribution in [2.75, 3.05) is 0 Å². The second-order valence-corrected chi connectivity index (χ2v) is 6.81. The molecule has 1 rings (SSSR count). The average Bonchev–Trinajstić information content (AvgIpc) is 2.38. The van der Waals surface area contributed by atoms with Crippen LogP contribution >= 0.6 is 45.2 Å². The lowest BCUT2D eigenvalue weighted by Crippen LogP contribution is -2.12. The lowest BCUT2D eigenvalue weighted by Gasteiger charge is -2.13. The van der Waals surface area contributed by atoms with Gasteiger partial charge in [0.2, 0.25) is 0 Å². The van der Waals surface area contributed by atoms with Crippen LogP contribution in [0.15, 0.2) is 36.4 Å². The molecule has 0 unspecified atom stereocenters. The van der Waals surface area contributed by atoms with Gasteiger partial charge in [-0.1, -0.05) is 13.2 Å². The molecule has 0 radical (unpaired) electrons. The van der Waals surface area contributed by atoms with E-state index in [-0.39, 0.29) is 6.61 Å². The predicted octanol–water partition coefficient (Wildman–Crippen LogP) is 4.00. The van der Waals surface area contributed by atoms with Crippen molar-refractivity contribution in [2.45, 2.75) is 20.5 Å². The molecule has 0 amide bonds. The highest BCUT2D eigenvalue weighted by Gasteiger charge is 2.16. The molecule has 0 N–H and O–H groups in total. The van der Waals surface area contributed by atoms with Crippen molar-refractivity contribution in [1.82, 2.24) is 0 Å². The highest BCUT2D eigenvalue weighted by molar-refractivity contribution is 14.1. The molecular formula is C15H14I2O4. The summed E-state index contributed by atoms with van der Waals surface area (Å²) in [6.45, 7) is 10.2. The van der Waals surface area contributed by atoms with Gasteiger partial charge < -0.3 is 9.47 Å². The monoisotopic (exact) mass is 512 g/mol. The van der Waals surface area contributed by atoms with Crippen LogP contribution in [-0.4, -0.2) is 11.9 Å². The van der Waals surface area contributed by atoms with E-state index in [0.717, 1.165) is 7.14 Å². The predicted molar refractivity (Wildman–Crippen MR) is 96.9 cm³/mol. The quantitative estimate of drug-likeness (QED) is 0.259. The normalized spacial score (nSPS) is 9.90. The smallest absolute Gasteiger partial charge is 0.338 e. The zero-order valence-corrected chi connectivity index (χ0v) is 16.0. The Morgan fingerprint density at radius 2 is 1.67 bits per heavy atom. The largest absolute Gasteiger partial charge is 0.457 e. The van der Waals surface area contributed by atoms with E-state index < -0.39 is 11.9 Å². The Morgan fingerprint density at radius 1 is 1.10 bits per heavy atom. The van der Waals surface area contributed by atoms with Crippen molar-refractivity contribution in [3.05, 3.63) is 49.1 Å². The molecule has 1 aromatic carbocycles. The molecule has 0 aromatic heterocycles. The molecule has 0 heterocycles. The summed E-state index contributed by atoms with van der Waals surface area (Å²) in [5, 5.41) is 0. The van der Waals surface area contributed by atoms with Crippen molar-refractivity contribution in [1.29, 1.82) is 0 Å². The molecule has 21 heavy (non-hydrogen) atoms. The SMILES string of the molecule is C=C(C)C(=O)OCc1cc(I)cc(I)c1OC(=O)C(=C)C. The van der Waals surface area contributed by atoms with Gasteiger partial charge in [-0.15, -0.1) is 0 Å². The van der Waals surface area contributed by atoms with Crippen molar-refractivity contribution in [3.8, 4) is 5.75 Å². The number of esters is 2. The van der Waals surface area contributed by atoms with Gasteiger partial charge in [-0.05, 0) is 71.2 Å². The standard InChI is InChI=1S/C15H14I2O4/c1-8(2)14(18)20-7-10-5-11(16)6-12(17)13(10)21-15(19)9(3)4/h5-6H,1,3,7H2,2,4H3. The van der Waals surface area contributed by atoms with Gasteiger partial charge in [0, 0.05) is 20.3 Å². The summed E-state index contributed by atoms with van der Waals surface area (Å²) in [4.78, 5) is 23.2. The fourth-order valence-corrected chi connectivity index (χ4v) is 3.36. The van der Waals surface area contributed by atoms with Crippen molar-refractivity contribution >= 4 is 57.1 Å². The summed E-state index contributed by atoms with van der Waals surface area (Å²) >= 11 is 4.21. The highest BCUT2D eigenvalue weighted by atomic mass is 127. The Balaban J connectivity index is 3.05. The van der Waals surface area contributed by atoms with Gasteiger partial charge in [0.25, 0.3) is 0 Å². The van der Waals surface area contributed by atoms with Gasteiger partial charge in [0.1, 0.15) is 6.61 Å². The fourth-order valence-electron chi connectivity index (χ4n) is 1.28. The molecule has 0 aliphatic heterocycles. The van der Waals surface area contributed by atoms with Crippen LogP contribution in [0.2, 0.25) is 0 Å². The van der Waals surface area contributed by atoms with Crippen LogP contribution in [-0.2, 0) is 20.9 Å². The highest BCUT2D eigenvalue weighted by Crippen LogP contribution is 2.29. The van der Waals surface area contributed by atoms with E-state index in [1.54, 1.807) is 19.9 Å². The van der Waals surface area contributed by atoms with Crippen LogP contribution in [0.3, 0.4) is 0 Å². The molecule has 0 spiro atoms. The molecular weight excluding hydrogens is 498 g/mol. The fraction of sp³-hybridized carbons (Fsp3) is 0.200. The van der Waals surface area contributed by atoms with Crippen molar-refractivity contribution in [2.24, 2.45) is 0 Å². The van der Waals surface area contributed by atoms with Crippen LogP contribution in [0, 0.1) is 7.14 Å². The minimum Gasteiger partial charge on any atom is -0.457 e. The number of hydrogen-bond acceptors (Lipinski definition) is 4. The first-order valence-corrected chi connectivity index (χ1v) is 8.06.